The molecule has 6 heteroatoms. The Morgan fingerprint density at radius 1 is 0.302 bits per heavy atom. The van der Waals surface area contributed by atoms with Crippen molar-refractivity contribution in [1.29, 1.82) is 0 Å². The number of ether oxygens (including phenoxy) is 3. The topological polar surface area (TPSA) is 78.9 Å². The van der Waals surface area contributed by atoms with Gasteiger partial charge >= 0.3 is 17.9 Å². The zero-order valence-electron chi connectivity index (χ0n) is 43.2. The van der Waals surface area contributed by atoms with Crippen LogP contribution in [0.5, 0.6) is 0 Å². The Balaban J connectivity index is 4.22. The Bertz CT molecular complexity index is 962. The smallest absolute Gasteiger partial charge is 0.306 e. The molecule has 0 aromatic heterocycles. The molecule has 63 heavy (non-hydrogen) atoms. The molecule has 0 spiro atoms. The van der Waals surface area contributed by atoms with Crippen molar-refractivity contribution in [2.45, 2.75) is 323 Å². The number of carbonyl (C=O) groups excluding carboxylic acids is 3. The lowest BCUT2D eigenvalue weighted by Crippen LogP contribution is -2.30. The molecule has 0 aromatic rings. The van der Waals surface area contributed by atoms with Crippen molar-refractivity contribution >= 4 is 17.9 Å². The van der Waals surface area contributed by atoms with Crippen LogP contribution < -0.4 is 0 Å². The van der Waals surface area contributed by atoms with Crippen LogP contribution in [0.2, 0.25) is 0 Å². The van der Waals surface area contributed by atoms with E-state index in [1.54, 1.807) is 0 Å². The molecule has 374 valence electrons. The average Bonchev–Trinajstić information content (AvgIpc) is 3.25. The van der Waals surface area contributed by atoms with Crippen LogP contribution in [0.4, 0.5) is 0 Å². The lowest BCUT2D eigenvalue weighted by Gasteiger charge is -2.18. The van der Waals surface area contributed by atoms with Crippen LogP contribution in [-0.2, 0) is 28.6 Å². The summed E-state index contributed by atoms with van der Waals surface area (Å²) in [6, 6.07) is 0. The van der Waals surface area contributed by atoms with Crippen molar-refractivity contribution in [2.75, 3.05) is 13.2 Å². The van der Waals surface area contributed by atoms with E-state index in [2.05, 4.69) is 34.6 Å². The maximum atomic E-state index is 12.8. The van der Waals surface area contributed by atoms with Gasteiger partial charge in [0.15, 0.2) is 6.10 Å². The van der Waals surface area contributed by atoms with Crippen LogP contribution in [-0.4, -0.2) is 37.2 Å². The molecule has 0 radical (unpaired) electrons. The van der Waals surface area contributed by atoms with Crippen molar-refractivity contribution in [1.82, 2.24) is 0 Å². The standard InChI is InChI=1S/C57H110O6/c1-6-7-8-9-10-25-32-37-42-47-55(58)61-50-54(51-62-56(59)48-43-38-33-28-23-19-16-15-18-22-27-31-36-41-46-53(4)5)63-57(60)49-44-39-34-29-24-20-14-12-11-13-17-21-26-30-35-40-45-52(2)3/h52-54H,6-51H2,1-5H3/t54-/m1/s1. The van der Waals surface area contributed by atoms with Gasteiger partial charge < -0.3 is 14.2 Å². The molecule has 0 aromatic carbocycles. The Morgan fingerprint density at radius 3 is 0.778 bits per heavy atom. The molecule has 0 bridgehead atoms. The quantitative estimate of drug-likeness (QED) is 0.0344. The monoisotopic (exact) mass is 891 g/mol. The van der Waals surface area contributed by atoms with E-state index >= 15 is 0 Å². The maximum absolute atomic E-state index is 12.8. The predicted octanol–water partition coefficient (Wildman–Crippen LogP) is 18.5. The van der Waals surface area contributed by atoms with Crippen LogP contribution in [0, 0.1) is 11.8 Å². The molecule has 0 aliphatic rings. The second-order valence-electron chi connectivity index (χ2n) is 20.5. The zero-order valence-corrected chi connectivity index (χ0v) is 43.2. The largest absolute Gasteiger partial charge is 0.462 e. The highest BCUT2D eigenvalue weighted by Gasteiger charge is 2.19. The fraction of sp³-hybridized carbons (Fsp3) is 0.947. The first-order chi connectivity index (χ1) is 30.7. The fourth-order valence-corrected chi connectivity index (χ4v) is 8.70. The Morgan fingerprint density at radius 2 is 0.524 bits per heavy atom. The van der Waals surface area contributed by atoms with E-state index in [1.165, 1.54) is 205 Å². The summed E-state index contributed by atoms with van der Waals surface area (Å²) < 4.78 is 16.8. The molecule has 0 saturated carbocycles. The molecule has 0 saturated heterocycles. The van der Waals surface area contributed by atoms with Gasteiger partial charge in [-0.2, -0.15) is 0 Å². The van der Waals surface area contributed by atoms with Gasteiger partial charge in [0.2, 0.25) is 0 Å². The highest BCUT2D eigenvalue weighted by atomic mass is 16.6. The highest BCUT2D eigenvalue weighted by Crippen LogP contribution is 2.18. The molecular formula is C57H110O6. The molecule has 0 amide bonds. The third kappa shape index (κ3) is 51.3. The van der Waals surface area contributed by atoms with Gasteiger partial charge in [-0.15, -0.1) is 0 Å². The number of hydrogen-bond donors (Lipinski definition) is 0. The highest BCUT2D eigenvalue weighted by molar-refractivity contribution is 5.71. The minimum atomic E-state index is -0.761. The lowest BCUT2D eigenvalue weighted by molar-refractivity contribution is -0.167. The number of esters is 3. The average molecular weight is 892 g/mol. The summed E-state index contributed by atoms with van der Waals surface area (Å²) in [5.74, 6) is 0.853. The van der Waals surface area contributed by atoms with Crippen molar-refractivity contribution in [2.24, 2.45) is 11.8 Å². The lowest BCUT2D eigenvalue weighted by atomic mass is 10.0. The zero-order chi connectivity index (χ0) is 46.1. The normalized spacial score (nSPS) is 12.0. The second kappa shape index (κ2) is 49.8. The first-order valence-electron chi connectivity index (χ1n) is 28.2. The molecule has 0 rings (SSSR count). The molecule has 0 fully saturated rings. The van der Waals surface area contributed by atoms with Gasteiger partial charge in [0, 0.05) is 19.3 Å². The summed E-state index contributed by atoms with van der Waals surface area (Å²) in [6.07, 6.45) is 52.4. The van der Waals surface area contributed by atoms with E-state index in [9.17, 15) is 14.4 Å². The van der Waals surface area contributed by atoms with E-state index in [4.69, 9.17) is 14.2 Å². The molecule has 0 heterocycles. The van der Waals surface area contributed by atoms with Gasteiger partial charge in [0.05, 0.1) is 0 Å². The Kier molecular flexibility index (Phi) is 48.6. The summed E-state index contributed by atoms with van der Waals surface area (Å²) >= 11 is 0. The first-order valence-corrected chi connectivity index (χ1v) is 28.2. The summed E-state index contributed by atoms with van der Waals surface area (Å²) in [5, 5.41) is 0. The minimum absolute atomic E-state index is 0.0629. The summed E-state index contributed by atoms with van der Waals surface area (Å²) in [7, 11) is 0. The Hall–Kier alpha value is -1.59. The van der Waals surface area contributed by atoms with Crippen LogP contribution in [0.15, 0.2) is 0 Å². The molecule has 0 unspecified atom stereocenters. The molecule has 0 N–H and O–H groups in total. The maximum Gasteiger partial charge on any atom is 0.306 e. The third-order valence-electron chi connectivity index (χ3n) is 13.0. The van der Waals surface area contributed by atoms with E-state index in [1.807, 2.05) is 0 Å². The van der Waals surface area contributed by atoms with E-state index in [-0.39, 0.29) is 31.1 Å². The van der Waals surface area contributed by atoms with Gasteiger partial charge in [-0.3, -0.25) is 14.4 Å². The van der Waals surface area contributed by atoms with Crippen molar-refractivity contribution in [3.63, 3.8) is 0 Å². The van der Waals surface area contributed by atoms with Gasteiger partial charge in [0.25, 0.3) is 0 Å². The van der Waals surface area contributed by atoms with Crippen molar-refractivity contribution < 1.29 is 28.6 Å². The predicted molar refractivity (Wildman–Crippen MR) is 270 cm³/mol. The molecule has 6 nitrogen and oxygen atoms in total. The second-order valence-corrected chi connectivity index (χ2v) is 20.5. The first kappa shape index (κ1) is 61.4. The van der Waals surface area contributed by atoms with E-state index in [0.29, 0.717) is 19.3 Å². The van der Waals surface area contributed by atoms with Crippen LogP contribution >= 0.6 is 0 Å². The third-order valence-corrected chi connectivity index (χ3v) is 13.0. The van der Waals surface area contributed by atoms with Gasteiger partial charge in [-0.1, -0.05) is 279 Å². The number of carbonyl (C=O) groups is 3. The van der Waals surface area contributed by atoms with Crippen molar-refractivity contribution in [3.05, 3.63) is 0 Å². The number of unbranched alkanes of at least 4 members (excludes halogenated alkanes) is 36. The molecule has 1 atom stereocenters. The van der Waals surface area contributed by atoms with Crippen LogP contribution in [0.25, 0.3) is 0 Å². The van der Waals surface area contributed by atoms with E-state index < -0.39 is 6.10 Å². The Labute approximate surface area is 393 Å². The van der Waals surface area contributed by atoms with Gasteiger partial charge in [-0.05, 0) is 31.1 Å². The van der Waals surface area contributed by atoms with E-state index in [0.717, 1.165) is 69.6 Å². The van der Waals surface area contributed by atoms with Crippen LogP contribution in [0.1, 0.15) is 317 Å². The summed E-state index contributed by atoms with van der Waals surface area (Å²) in [5.41, 5.74) is 0. The van der Waals surface area contributed by atoms with Gasteiger partial charge in [0.1, 0.15) is 13.2 Å². The summed E-state index contributed by atoms with van der Waals surface area (Å²) in [6.45, 7) is 11.4. The fourth-order valence-electron chi connectivity index (χ4n) is 8.70. The molecule has 0 aliphatic carbocycles. The molecule has 0 aliphatic heterocycles. The SMILES string of the molecule is CCCCCCCCCCCC(=O)OC[C@H](COC(=O)CCCCCCCCCCCCCCCCC(C)C)OC(=O)CCCCCCCCCCCCCCCCCCC(C)C. The van der Waals surface area contributed by atoms with Crippen molar-refractivity contribution in [3.8, 4) is 0 Å². The number of rotatable bonds is 51. The summed E-state index contributed by atoms with van der Waals surface area (Å²) in [4.78, 5) is 38.0. The molecular weight excluding hydrogens is 781 g/mol. The number of hydrogen-bond acceptors (Lipinski definition) is 6. The van der Waals surface area contributed by atoms with Crippen LogP contribution in [0.3, 0.4) is 0 Å². The minimum Gasteiger partial charge on any atom is -0.462 e. The van der Waals surface area contributed by atoms with Gasteiger partial charge in [-0.25, -0.2) is 0 Å².